The first-order chi connectivity index (χ1) is 8.22. The van der Waals surface area contributed by atoms with Gasteiger partial charge in [0.15, 0.2) is 0 Å². The lowest BCUT2D eigenvalue weighted by atomic mass is 10.0. The van der Waals surface area contributed by atoms with Gasteiger partial charge in [0.05, 0.1) is 11.1 Å². The van der Waals surface area contributed by atoms with Gasteiger partial charge in [0, 0.05) is 6.07 Å². The van der Waals surface area contributed by atoms with Crippen LogP contribution in [0.2, 0.25) is 5.02 Å². The predicted octanol–water partition coefficient (Wildman–Crippen LogP) is 2.86. The van der Waals surface area contributed by atoms with Gasteiger partial charge >= 0.3 is 0 Å². The van der Waals surface area contributed by atoms with E-state index in [0.29, 0.717) is 5.75 Å². The molecule has 1 N–H and O–H groups in total. The second-order valence-electron chi connectivity index (χ2n) is 4.97. The molecule has 2 aliphatic rings. The van der Waals surface area contributed by atoms with Crippen molar-refractivity contribution in [1.82, 2.24) is 5.32 Å². The maximum absolute atomic E-state index is 13.3. The van der Waals surface area contributed by atoms with E-state index in [1.807, 2.05) is 0 Å². The van der Waals surface area contributed by atoms with Crippen LogP contribution in [-0.2, 0) is 0 Å². The first-order valence-corrected chi connectivity index (χ1v) is 6.42. The van der Waals surface area contributed by atoms with E-state index in [4.69, 9.17) is 16.3 Å². The molecule has 1 aliphatic heterocycles. The minimum absolute atomic E-state index is 0.143. The number of hydrogen-bond donors (Lipinski definition) is 1. The van der Waals surface area contributed by atoms with Crippen molar-refractivity contribution in [3.63, 3.8) is 0 Å². The van der Waals surface area contributed by atoms with E-state index in [0.717, 1.165) is 37.8 Å². The Morgan fingerprint density at radius 3 is 2.59 bits per heavy atom. The Balaban J connectivity index is 1.65. The van der Waals surface area contributed by atoms with Crippen LogP contribution in [0.5, 0.6) is 5.75 Å². The number of fused-ring (bicyclic) bond motifs is 1. The summed E-state index contributed by atoms with van der Waals surface area (Å²) in [6.45, 7) is 2.19. The van der Waals surface area contributed by atoms with Crippen LogP contribution >= 0.6 is 11.6 Å². The highest BCUT2D eigenvalue weighted by atomic mass is 35.5. The Morgan fingerprint density at radius 2 is 1.94 bits per heavy atom. The topological polar surface area (TPSA) is 21.3 Å². The molecule has 0 radical (unpaired) electrons. The summed E-state index contributed by atoms with van der Waals surface area (Å²) in [5.41, 5.74) is 0. The standard InChI is InChI=1S/C13H15ClFNO/c14-12-2-1-10(5-13(12)15)17-11-3-8-6-16-7-9(8)4-11/h1-2,5,8-9,11,16H,3-4,6-7H2/t8-,9-/m1/s1. The van der Waals surface area contributed by atoms with Crippen LogP contribution in [0.1, 0.15) is 12.8 Å². The van der Waals surface area contributed by atoms with E-state index in [2.05, 4.69) is 5.32 Å². The first-order valence-electron chi connectivity index (χ1n) is 6.05. The van der Waals surface area contributed by atoms with Crippen molar-refractivity contribution >= 4 is 11.6 Å². The smallest absolute Gasteiger partial charge is 0.145 e. The van der Waals surface area contributed by atoms with Crippen LogP contribution in [0.3, 0.4) is 0 Å². The molecule has 17 heavy (non-hydrogen) atoms. The summed E-state index contributed by atoms with van der Waals surface area (Å²) in [6, 6.07) is 4.65. The van der Waals surface area contributed by atoms with Gasteiger partial charge in [-0.05, 0) is 49.9 Å². The molecule has 2 fully saturated rings. The molecule has 92 valence electrons. The monoisotopic (exact) mass is 255 g/mol. The van der Waals surface area contributed by atoms with Crippen LogP contribution < -0.4 is 10.1 Å². The number of rotatable bonds is 2. The number of ether oxygens (including phenoxy) is 1. The Hall–Kier alpha value is -0.800. The molecule has 0 aromatic heterocycles. The van der Waals surface area contributed by atoms with Gasteiger partial charge in [-0.3, -0.25) is 0 Å². The average molecular weight is 256 g/mol. The molecule has 1 saturated heterocycles. The summed E-state index contributed by atoms with van der Waals surface area (Å²) >= 11 is 5.64. The van der Waals surface area contributed by atoms with Gasteiger partial charge in [-0.25, -0.2) is 4.39 Å². The molecule has 2 nitrogen and oxygen atoms in total. The van der Waals surface area contributed by atoms with E-state index >= 15 is 0 Å². The number of benzene rings is 1. The third kappa shape index (κ3) is 2.26. The van der Waals surface area contributed by atoms with Crippen LogP contribution in [0.4, 0.5) is 4.39 Å². The van der Waals surface area contributed by atoms with E-state index in [9.17, 15) is 4.39 Å². The van der Waals surface area contributed by atoms with Gasteiger partial charge < -0.3 is 10.1 Å². The molecule has 0 amide bonds. The van der Waals surface area contributed by atoms with Gasteiger partial charge in [-0.15, -0.1) is 0 Å². The Labute approximate surface area is 105 Å². The summed E-state index contributed by atoms with van der Waals surface area (Å²) in [6.07, 6.45) is 2.37. The third-order valence-corrected chi connectivity index (χ3v) is 4.11. The minimum Gasteiger partial charge on any atom is -0.490 e. The molecule has 4 heteroatoms. The SMILES string of the molecule is Fc1cc(OC2C[C@@H]3CNC[C@H]3C2)ccc1Cl. The van der Waals surface area contributed by atoms with Gasteiger partial charge in [0.2, 0.25) is 0 Å². The fourth-order valence-electron chi connectivity index (χ4n) is 2.95. The van der Waals surface area contributed by atoms with Gasteiger partial charge in [-0.1, -0.05) is 11.6 Å². The van der Waals surface area contributed by atoms with Crippen molar-refractivity contribution < 1.29 is 9.13 Å². The molecule has 1 heterocycles. The summed E-state index contributed by atoms with van der Waals surface area (Å²) in [7, 11) is 0. The highest BCUT2D eigenvalue weighted by molar-refractivity contribution is 6.30. The normalized spacial score (nSPS) is 28.4. The van der Waals surface area contributed by atoms with E-state index in [1.165, 1.54) is 6.07 Å². The molecule has 1 saturated carbocycles. The van der Waals surface area contributed by atoms with Crippen molar-refractivity contribution in [3.8, 4) is 5.75 Å². The molecule has 0 spiro atoms. The Morgan fingerprint density at radius 1 is 1.24 bits per heavy atom. The third-order valence-electron chi connectivity index (χ3n) is 3.80. The largest absolute Gasteiger partial charge is 0.490 e. The number of nitrogens with one attached hydrogen (secondary N) is 1. The van der Waals surface area contributed by atoms with E-state index < -0.39 is 5.82 Å². The average Bonchev–Trinajstić information content (AvgIpc) is 2.84. The molecule has 1 aliphatic carbocycles. The van der Waals surface area contributed by atoms with E-state index in [1.54, 1.807) is 12.1 Å². The zero-order valence-electron chi connectivity index (χ0n) is 9.46. The van der Waals surface area contributed by atoms with Crippen molar-refractivity contribution in [2.75, 3.05) is 13.1 Å². The summed E-state index contributed by atoms with van der Waals surface area (Å²) in [4.78, 5) is 0. The summed E-state index contributed by atoms with van der Waals surface area (Å²) < 4.78 is 19.1. The van der Waals surface area contributed by atoms with Crippen LogP contribution in [-0.4, -0.2) is 19.2 Å². The van der Waals surface area contributed by atoms with Crippen molar-refractivity contribution in [2.24, 2.45) is 11.8 Å². The fraction of sp³-hybridized carbons (Fsp3) is 0.538. The van der Waals surface area contributed by atoms with Gasteiger partial charge in [0.25, 0.3) is 0 Å². The maximum Gasteiger partial charge on any atom is 0.145 e. The molecule has 2 atom stereocenters. The predicted molar refractivity (Wildman–Crippen MR) is 64.9 cm³/mol. The lowest BCUT2D eigenvalue weighted by molar-refractivity contribution is 0.198. The highest BCUT2D eigenvalue weighted by Crippen LogP contribution is 2.36. The van der Waals surface area contributed by atoms with Gasteiger partial charge in [0.1, 0.15) is 11.6 Å². The zero-order valence-corrected chi connectivity index (χ0v) is 10.2. The maximum atomic E-state index is 13.3. The molecular formula is C13H15ClFNO. The first kappa shape index (κ1) is 11.3. The Bertz CT molecular complexity index is 414. The quantitative estimate of drug-likeness (QED) is 0.878. The zero-order chi connectivity index (χ0) is 11.8. The molecule has 1 aromatic rings. The fourth-order valence-corrected chi connectivity index (χ4v) is 3.07. The number of halogens is 2. The van der Waals surface area contributed by atoms with Crippen LogP contribution in [0.25, 0.3) is 0 Å². The second kappa shape index (κ2) is 4.46. The molecule has 1 aromatic carbocycles. The summed E-state index contributed by atoms with van der Waals surface area (Å²) in [5, 5.41) is 3.54. The van der Waals surface area contributed by atoms with Crippen LogP contribution in [0, 0.1) is 17.7 Å². The van der Waals surface area contributed by atoms with Crippen molar-refractivity contribution in [2.45, 2.75) is 18.9 Å². The lowest BCUT2D eigenvalue weighted by Gasteiger charge is -2.14. The van der Waals surface area contributed by atoms with Crippen molar-refractivity contribution in [1.29, 1.82) is 0 Å². The molecule has 0 bridgehead atoms. The highest BCUT2D eigenvalue weighted by Gasteiger charge is 2.38. The van der Waals surface area contributed by atoms with Gasteiger partial charge in [-0.2, -0.15) is 0 Å². The number of hydrogen-bond acceptors (Lipinski definition) is 2. The van der Waals surface area contributed by atoms with Crippen molar-refractivity contribution in [3.05, 3.63) is 29.0 Å². The Kier molecular flexibility index (Phi) is 2.97. The lowest BCUT2D eigenvalue weighted by Crippen LogP contribution is -2.18. The second-order valence-corrected chi connectivity index (χ2v) is 5.37. The molecule has 3 rings (SSSR count). The van der Waals surface area contributed by atoms with E-state index in [-0.39, 0.29) is 11.1 Å². The summed E-state index contributed by atoms with van der Waals surface area (Å²) in [5.74, 6) is 1.64. The minimum atomic E-state index is -0.413. The molecule has 0 unspecified atom stereocenters. The van der Waals surface area contributed by atoms with Crippen LogP contribution in [0.15, 0.2) is 18.2 Å². The molecular weight excluding hydrogens is 241 g/mol.